The van der Waals surface area contributed by atoms with E-state index in [-0.39, 0.29) is 0 Å². The lowest BCUT2D eigenvalue weighted by molar-refractivity contribution is 0.180. The zero-order chi connectivity index (χ0) is 15.4. The summed E-state index contributed by atoms with van der Waals surface area (Å²) >= 11 is 3.58. The van der Waals surface area contributed by atoms with Crippen molar-refractivity contribution in [3.63, 3.8) is 0 Å². The molecule has 1 aromatic rings. The van der Waals surface area contributed by atoms with E-state index in [0.29, 0.717) is 12.6 Å². The fraction of sp³-hybridized carbons (Fsp3) is 0.647. The van der Waals surface area contributed by atoms with E-state index in [1.807, 2.05) is 6.07 Å². The van der Waals surface area contributed by atoms with Crippen LogP contribution in [0, 0.1) is 5.92 Å². The van der Waals surface area contributed by atoms with E-state index in [4.69, 9.17) is 10.5 Å². The molecule has 0 bridgehead atoms. The molecule has 1 aliphatic carbocycles. The number of ether oxygens (including phenoxy) is 1. The van der Waals surface area contributed by atoms with Crippen molar-refractivity contribution in [3.8, 4) is 5.75 Å². The molecule has 3 nitrogen and oxygen atoms in total. The second-order valence-corrected chi connectivity index (χ2v) is 7.15. The van der Waals surface area contributed by atoms with Gasteiger partial charge in [0.25, 0.3) is 0 Å². The standard InChI is InChI=1S/C17H27BrN2O/c1-12(2)8-9-20(14-5-6-14)16(11-19)13-4-7-17(21-3)15(18)10-13/h4,7,10,12,14,16H,5-6,8-9,11,19H2,1-3H3. The monoisotopic (exact) mass is 354 g/mol. The topological polar surface area (TPSA) is 38.5 Å². The van der Waals surface area contributed by atoms with Crippen LogP contribution in [0.3, 0.4) is 0 Å². The highest BCUT2D eigenvalue weighted by Crippen LogP contribution is 2.36. The number of nitrogens with two attached hydrogens (primary N) is 1. The Hall–Kier alpha value is -0.580. The molecule has 1 aromatic carbocycles. The smallest absolute Gasteiger partial charge is 0.133 e. The molecule has 0 heterocycles. The largest absolute Gasteiger partial charge is 0.496 e. The van der Waals surface area contributed by atoms with Crippen molar-refractivity contribution in [1.82, 2.24) is 4.90 Å². The molecule has 1 aliphatic rings. The lowest BCUT2D eigenvalue weighted by Gasteiger charge is -2.32. The van der Waals surface area contributed by atoms with E-state index < -0.39 is 0 Å². The summed E-state index contributed by atoms with van der Waals surface area (Å²) in [5, 5.41) is 0. The molecule has 2 N–H and O–H groups in total. The minimum Gasteiger partial charge on any atom is -0.496 e. The maximum atomic E-state index is 6.11. The highest BCUT2D eigenvalue weighted by molar-refractivity contribution is 9.10. The molecule has 118 valence electrons. The van der Waals surface area contributed by atoms with Crippen molar-refractivity contribution in [2.24, 2.45) is 11.7 Å². The average molecular weight is 355 g/mol. The third kappa shape index (κ3) is 4.44. The van der Waals surface area contributed by atoms with Gasteiger partial charge in [0.2, 0.25) is 0 Å². The minimum absolute atomic E-state index is 0.304. The van der Waals surface area contributed by atoms with Gasteiger partial charge in [-0.1, -0.05) is 19.9 Å². The first kappa shape index (κ1) is 16.8. The normalized spacial score (nSPS) is 16.5. The molecule has 21 heavy (non-hydrogen) atoms. The molecule has 0 saturated heterocycles. The number of rotatable bonds is 8. The van der Waals surface area contributed by atoms with Gasteiger partial charge in [0.1, 0.15) is 5.75 Å². The van der Waals surface area contributed by atoms with Gasteiger partial charge in [0.05, 0.1) is 11.6 Å². The Bertz CT molecular complexity index is 460. The van der Waals surface area contributed by atoms with Gasteiger partial charge in [0, 0.05) is 18.6 Å². The summed E-state index contributed by atoms with van der Waals surface area (Å²) in [6.45, 7) is 6.36. The van der Waals surface area contributed by atoms with E-state index in [9.17, 15) is 0 Å². The van der Waals surface area contributed by atoms with Crippen LogP contribution in [0.2, 0.25) is 0 Å². The molecule has 1 fully saturated rings. The van der Waals surface area contributed by atoms with Gasteiger partial charge in [-0.15, -0.1) is 0 Å². The second kappa shape index (κ2) is 7.61. The molecule has 2 rings (SSSR count). The zero-order valence-corrected chi connectivity index (χ0v) is 14.9. The van der Waals surface area contributed by atoms with Crippen LogP contribution in [-0.4, -0.2) is 31.1 Å². The first-order valence-electron chi connectivity index (χ1n) is 7.86. The highest BCUT2D eigenvalue weighted by Gasteiger charge is 2.34. The Balaban J connectivity index is 2.17. The van der Waals surface area contributed by atoms with E-state index in [2.05, 4.69) is 46.8 Å². The van der Waals surface area contributed by atoms with Crippen LogP contribution in [0.1, 0.15) is 44.7 Å². The van der Waals surface area contributed by atoms with Gasteiger partial charge in [-0.25, -0.2) is 0 Å². The number of halogens is 1. The van der Waals surface area contributed by atoms with Crippen LogP contribution < -0.4 is 10.5 Å². The predicted molar refractivity (Wildman–Crippen MR) is 91.7 cm³/mol. The number of methoxy groups -OCH3 is 1. The Morgan fingerprint density at radius 2 is 2.10 bits per heavy atom. The number of hydrogen-bond donors (Lipinski definition) is 1. The van der Waals surface area contributed by atoms with Crippen molar-refractivity contribution in [1.29, 1.82) is 0 Å². The first-order chi connectivity index (χ1) is 10.1. The SMILES string of the molecule is COc1ccc(C(CN)N(CCC(C)C)C2CC2)cc1Br. The average Bonchev–Trinajstić information content (AvgIpc) is 3.27. The number of benzene rings is 1. The van der Waals surface area contributed by atoms with Crippen LogP contribution in [0.4, 0.5) is 0 Å². The van der Waals surface area contributed by atoms with Gasteiger partial charge in [-0.05, 0) is 65.4 Å². The second-order valence-electron chi connectivity index (χ2n) is 6.30. The summed E-state index contributed by atoms with van der Waals surface area (Å²) in [6.07, 6.45) is 3.85. The van der Waals surface area contributed by atoms with Crippen LogP contribution in [0.25, 0.3) is 0 Å². The Morgan fingerprint density at radius 1 is 1.38 bits per heavy atom. The van der Waals surface area contributed by atoms with Crippen molar-refractivity contribution >= 4 is 15.9 Å². The summed E-state index contributed by atoms with van der Waals surface area (Å²) in [5.41, 5.74) is 7.39. The van der Waals surface area contributed by atoms with E-state index in [0.717, 1.165) is 28.7 Å². The van der Waals surface area contributed by atoms with E-state index in [1.54, 1.807) is 7.11 Å². The molecular formula is C17H27BrN2O. The molecule has 1 unspecified atom stereocenters. The van der Waals surface area contributed by atoms with Gasteiger partial charge in [0.15, 0.2) is 0 Å². The van der Waals surface area contributed by atoms with Gasteiger partial charge < -0.3 is 10.5 Å². The molecule has 0 radical (unpaired) electrons. The molecule has 0 aliphatic heterocycles. The number of hydrogen-bond acceptors (Lipinski definition) is 3. The highest BCUT2D eigenvalue weighted by atomic mass is 79.9. The predicted octanol–water partition coefficient (Wildman–Crippen LogP) is 3.97. The van der Waals surface area contributed by atoms with Gasteiger partial charge in [-0.2, -0.15) is 0 Å². The maximum absolute atomic E-state index is 6.11. The summed E-state index contributed by atoms with van der Waals surface area (Å²) in [7, 11) is 1.69. The molecule has 0 amide bonds. The molecule has 0 spiro atoms. The van der Waals surface area contributed by atoms with E-state index in [1.165, 1.54) is 24.8 Å². The Morgan fingerprint density at radius 3 is 2.57 bits per heavy atom. The Labute approximate surface area is 137 Å². The molecule has 4 heteroatoms. The van der Waals surface area contributed by atoms with Crippen LogP contribution in [0.15, 0.2) is 22.7 Å². The van der Waals surface area contributed by atoms with Crippen molar-refractivity contribution in [3.05, 3.63) is 28.2 Å². The fourth-order valence-electron chi connectivity index (χ4n) is 2.76. The third-order valence-electron chi connectivity index (χ3n) is 4.16. The summed E-state index contributed by atoms with van der Waals surface area (Å²) < 4.78 is 6.32. The molecule has 1 saturated carbocycles. The van der Waals surface area contributed by atoms with Gasteiger partial charge in [-0.3, -0.25) is 4.90 Å². The third-order valence-corrected chi connectivity index (χ3v) is 4.78. The summed E-state index contributed by atoms with van der Waals surface area (Å²) in [6, 6.07) is 7.35. The Kier molecular flexibility index (Phi) is 6.08. The van der Waals surface area contributed by atoms with Crippen molar-refractivity contribution in [2.45, 2.75) is 45.2 Å². The zero-order valence-electron chi connectivity index (χ0n) is 13.3. The first-order valence-corrected chi connectivity index (χ1v) is 8.65. The fourth-order valence-corrected chi connectivity index (χ4v) is 3.32. The molecule has 0 aromatic heterocycles. The lowest BCUT2D eigenvalue weighted by atomic mass is 10.0. The van der Waals surface area contributed by atoms with Crippen LogP contribution >= 0.6 is 15.9 Å². The summed E-state index contributed by atoms with van der Waals surface area (Å²) in [4.78, 5) is 2.61. The molecular weight excluding hydrogens is 328 g/mol. The van der Waals surface area contributed by atoms with Crippen molar-refractivity contribution < 1.29 is 4.74 Å². The maximum Gasteiger partial charge on any atom is 0.133 e. The minimum atomic E-state index is 0.304. The van der Waals surface area contributed by atoms with Crippen LogP contribution in [-0.2, 0) is 0 Å². The molecule has 1 atom stereocenters. The van der Waals surface area contributed by atoms with E-state index >= 15 is 0 Å². The van der Waals surface area contributed by atoms with Crippen LogP contribution in [0.5, 0.6) is 5.75 Å². The van der Waals surface area contributed by atoms with Gasteiger partial charge >= 0.3 is 0 Å². The van der Waals surface area contributed by atoms with Crippen molar-refractivity contribution in [2.75, 3.05) is 20.2 Å². The number of nitrogens with zero attached hydrogens (tertiary/aromatic N) is 1. The quantitative estimate of drug-likeness (QED) is 0.767. The lowest BCUT2D eigenvalue weighted by Crippen LogP contribution is -2.36. The summed E-state index contributed by atoms with van der Waals surface area (Å²) in [5.74, 6) is 1.60.